The van der Waals surface area contributed by atoms with Gasteiger partial charge in [-0.2, -0.15) is 0 Å². The fraction of sp³-hybridized carbons (Fsp3) is 0. The fourth-order valence-electron chi connectivity index (χ4n) is 8.53. The summed E-state index contributed by atoms with van der Waals surface area (Å²) in [5.74, 6) is 0.650. The van der Waals surface area contributed by atoms with Gasteiger partial charge in [-0.15, -0.1) is 11.3 Å². The molecule has 0 atom stereocenters. The Morgan fingerprint density at radius 1 is 0.389 bits per heavy atom. The Kier molecular flexibility index (Phi) is 6.21. The second-order valence-corrected chi connectivity index (χ2v) is 15.1. The van der Waals surface area contributed by atoms with E-state index in [-0.39, 0.29) is 0 Å². The molecule has 12 rings (SSSR count). The maximum Gasteiger partial charge on any atom is 0.164 e. The van der Waals surface area contributed by atoms with Crippen LogP contribution in [-0.2, 0) is 0 Å². The van der Waals surface area contributed by atoms with Gasteiger partial charge in [0.05, 0.1) is 21.5 Å². The lowest BCUT2D eigenvalue weighted by Gasteiger charge is -2.13. The lowest BCUT2D eigenvalue weighted by atomic mass is 9.91. The van der Waals surface area contributed by atoms with Crippen LogP contribution in [0, 0.1) is 0 Å². The summed E-state index contributed by atoms with van der Waals surface area (Å²) in [6.45, 7) is 0. The van der Waals surface area contributed by atoms with Crippen molar-refractivity contribution in [3.8, 4) is 33.8 Å². The first kappa shape index (κ1) is 29.7. The van der Waals surface area contributed by atoms with Crippen molar-refractivity contribution in [2.75, 3.05) is 0 Å². The molecule has 3 heterocycles. The molecule has 3 aromatic heterocycles. The molecule has 0 N–H and O–H groups in total. The molecule has 0 amide bonds. The minimum Gasteiger partial charge on any atom is -0.455 e. The molecule has 0 bridgehead atoms. The van der Waals surface area contributed by atoms with E-state index in [4.69, 9.17) is 14.4 Å². The average Bonchev–Trinajstić information content (AvgIpc) is 3.82. The molecule has 0 aliphatic heterocycles. The van der Waals surface area contributed by atoms with Gasteiger partial charge in [0.25, 0.3) is 0 Å². The first-order valence-corrected chi connectivity index (χ1v) is 19.1. The van der Waals surface area contributed by atoms with E-state index >= 15 is 0 Å². The van der Waals surface area contributed by atoms with Crippen LogP contribution in [0.2, 0.25) is 0 Å². The minimum atomic E-state index is 0.650. The molecule has 4 heteroatoms. The molecule has 0 saturated heterocycles. The SMILES string of the molecule is c1ccc(-c2nc(-c3cc(-c4ccc5c6ccccc6c6ccccc6c5c4)cc4c3oc3c5ccccc5ccc43)nc3c2sc2ccccc23)cc1. The van der Waals surface area contributed by atoms with E-state index in [2.05, 4.69) is 170 Å². The van der Waals surface area contributed by atoms with Crippen LogP contribution < -0.4 is 0 Å². The van der Waals surface area contributed by atoms with E-state index < -0.39 is 0 Å². The standard InChI is InChI=1S/C50H28N2OS/c1-2-13-30(14-3-1)45-49-46(40-20-10-11-21-44(40)54-49)52-50(51-45)43-28-32(27-42-39-25-22-29-12-4-5-15-33(29)47(39)53-48(42)43)31-23-24-38-36-18-7-6-16-34(36)35-17-8-9-19-37(35)41(38)26-31/h1-28H. The zero-order valence-corrected chi connectivity index (χ0v) is 29.7. The number of aromatic nitrogens is 2. The number of furan rings is 1. The number of fused-ring (bicyclic) bond motifs is 14. The molecule has 0 spiro atoms. The zero-order chi connectivity index (χ0) is 35.3. The number of thiophene rings is 1. The van der Waals surface area contributed by atoms with Crippen LogP contribution in [0.5, 0.6) is 0 Å². The van der Waals surface area contributed by atoms with E-state index in [0.29, 0.717) is 5.82 Å². The molecule has 0 unspecified atom stereocenters. The predicted octanol–water partition coefficient (Wildman–Crippen LogP) is 14.4. The summed E-state index contributed by atoms with van der Waals surface area (Å²) in [6.07, 6.45) is 0. The van der Waals surface area contributed by atoms with Crippen molar-refractivity contribution in [3.05, 3.63) is 170 Å². The highest BCUT2D eigenvalue weighted by atomic mass is 32.1. The van der Waals surface area contributed by atoms with Crippen molar-refractivity contribution in [1.29, 1.82) is 0 Å². The summed E-state index contributed by atoms with van der Waals surface area (Å²) < 4.78 is 9.25. The Morgan fingerprint density at radius 2 is 1.00 bits per heavy atom. The van der Waals surface area contributed by atoms with E-state index in [1.54, 1.807) is 11.3 Å². The predicted molar refractivity (Wildman–Crippen MR) is 229 cm³/mol. The van der Waals surface area contributed by atoms with Gasteiger partial charge >= 0.3 is 0 Å². The molecule has 250 valence electrons. The van der Waals surface area contributed by atoms with Crippen LogP contribution >= 0.6 is 11.3 Å². The van der Waals surface area contributed by atoms with Gasteiger partial charge < -0.3 is 4.42 Å². The molecule has 9 aromatic carbocycles. The summed E-state index contributed by atoms with van der Waals surface area (Å²) in [4.78, 5) is 10.8. The lowest BCUT2D eigenvalue weighted by molar-refractivity contribution is 0.673. The van der Waals surface area contributed by atoms with Gasteiger partial charge in [-0.05, 0) is 79.2 Å². The maximum atomic E-state index is 6.97. The summed E-state index contributed by atoms with van der Waals surface area (Å²) in [5.41, 5.74) is 7.72. The Labute approximate surface area is 313 Å². The van der Waals surface area contributed by atoms with Crippen LogP contribution in [0.25, 0.3) is 119 Å². The van der Waals surface area contributed by atoms with E-state index in [0.717, 1.165) is 76.3 Å². The number of hydrogen-bond acceptors (Lipinski definition) is 4. The van der Waals surface area contributed by atoms with Crippen LogP contribution in [0.1, 0.15) is 0 Å². The van der Waals surface area contributed by atoms with Crippen LogP contribution in [0.15, 0.2) is 174 Å². The van der Waals surface area contributed by atoms with E-state index in [1.807, 2.05) is 0 Å². The van der Waals surface area contributed by atoms with Crippen molar-refractivity contribution in [2.45, 2.75) is 0 Å². The smallest absolute Gasteiger partial charge is 0.164 e. The van der Waals surface area contributed by atoms with Gasteiger partial charge in [0, 0.05) is 31.8 Å². The summed E-state index contributed by atoms with van der Waals surface area (Å²) in [6, 6.07) is 60.8. The second-order valence-electron chi connectivity index (χ2n) is 14.1. The van der Waals surface area contributed by atoms with Crippen LogP contribution in [0.4, 0.5) is 0 Å². The summed E-state index contributed by atoms with van der Waals surface area (Å²) in [7, 11) is 0. The summed E-state index contributed by atoms with van der Waals surface area (Å²) >= 11 is 1.75. The highest BCUT2D eigenvalue weighted by molar-refractivity contribution is 7.26. The van der Waals surface area contributed by atoms with Crippen molar-refractivity contribution in [2.24, 2.45) is 0 Å². The van der Waals surface area contributed by atoms with Crippen LogP contribution in [0.3, 0.4) is 0 Å². The highest BCUT2D eigenvalue weighted by Gasteiger charge is 2.22. The molecule has 0 fully saturated rings. The van der Waals surface area contributed by atoms with Crippen molar-refractivity contribution < 1.29 is 4.42 Å². The zero-order valence-electron chi connectivity index (χ0n) is 28.9. The Bertz CT molecular complexity index is 3470. The first-order valence-electron chi connectivity index (χ1n) is 18.2. The third kappa shape index (κ3) is 4.29. The molecule has 3 nitrogen and oxygen atoms in total. The lowest BCUT2D eigenvalue weighted by Crippen LogP contribution is -1.94. The topological polar surface area (TPSA) is 38.9 Å². The van der Waals surface area contributed by atoms with Crippen molar-refractivity contribution in [3.63, 3.8) is 0 Å². The van der Waals surface area contributed by atoms with E-state index in [9.17, 15) is 0 Å². The number of benzene rings is 9. The average molecular weight is 705 g/mol. The Hall–Kier alpha value is -6.88. The van der Waals surface area contributed by atoms with Gasteiger partial charge in [-0.25, -0.2) is 9.97 Å². The molecule has 0 aliphatic carbocycles. The molecule has 12 aromatic rings. The molecule has 0 radical (unpaired) electrons. The quantitative estimate of drug-likeness (QED) is 0.172. The maximum absolute atomic E-state index is 6.97. The van der Waals surface area contributed by atoms with Gasteiger partial charge in [0.15, 0.2) is 5.82 Å². The largest absolute Gasteiger partial charge is 0.455 e. The molecule has 54 heavy (non-hydrogen) atoms. The molecule has 0 aliphatic rings. The van der Waals surface area contributed by atoms with Crippen molar-refractivity contribution >= 4 is 96.7 Å². The molecular weight excluding hydrogens is 677 g/mol. The molecule has 0 saturated carbocycles. The third-order valence-corrected chi connectivity index (χ3v) is 12.2. The molecular formula is C50H28N2OS. The Morgan fingerprint density at radius 3 is 1.78 bits per heavy atom. The van der Waals surface area contributed by atoms with Gasteiger partial charge in [0.1, 0.15) is 11.2 Å². The van der Waals surface area contributed by atoms with Gasteiger partial charge in [-0.3, -0.25) is 0 Å². The van der Waals surface area contributed by atoms with Crippen molar-refractivity contribution in [1.82, 2.24) is 9.97 Å². The summed E-state index contributed by atoms with van der Waals surface area (Å²) in [5, 5.41) is 13.0. The van der Waals surface area contributed by atoms with Crippen LogP contribution in [-0.4, -0.2) is 9.97 Å². The van der Waals surface area contributed by atoms with Gasteiger partial charge in [-0.1, -0.05) is 140 Å². The Balaban J connectivity index is 1.20. The first-order chi connectivity index (χ1) is 26.8. The number of nitrogens with zero attached hydrogens (tertiary/aromatic N) is 2. The normalized spacial score (nSPS) is 12.1. The minimum absolute atomic E-state index is 0.650. The number of rotatable bonds is 3. The highest BCUT2D eigenvalue weighted by Crippen LogP contribution is 2.45. The fourth-order valence-corrected chi connectivity index (χ4v) is 9.68. The second kappa shape index (κ2) is 11.3. The number of hydrogen-bond donors (Lipinski definition) is 0. The monoisotopic (exact) mass is 704 g/mol. The third-order valence-electron chi connectivity index (χ3n) is 11.0. The van der Waals surface area contributed by atoms with E-state index in [1.165, 1.54) is 37.0 Å². The van der Waals surface area contributed by atoms with Gasteiger partial charge in [0.2, 0.25) is 0 Å².